The van der Waals surface area contributed by atoms with Crippen molar-refractivity contribution < 1.29 is 9.47 Å². The molecule has 0 N–H and O–H groups in total. The second-order valence-electron chi connectivity index (χ2n) is 3.64. The van der Waals surface area contributed by atoms with Gasteiger partial charge in [-0.25, -0.2) is 0 Å². The highest BCUT2D eigenvalue weighted by molar-refractivity contribution is 9.10. The first-order valence-electron chi connectivity index (χ1n) is 4.82. The molecule has 2 aliphatic rings. The lowest BCUT2D eigenvalue weighted by atomic mass is 10.1. The third kappa shape index (κ3) is 1.83. The number of alkyl halides is 2. The molecule has 0 aromatic rings. The molecule has 0 aromatic carbocycles. The lowest BCUT2D eigenvalue weighted by Gasteiger charge is -2.34. The van der Waals surface area contributed by atoms with E-state index in [1.54, 1.807) is 0 Å². The van der Waals surface area contributed by atoms with E-state index in [1.807, 2.05) is 0 Å². The zero-order valence-electron chi connectivity index (χ0n) is 7.47. The predicted molar refractivity (Wildman–Crippen MR) is 58.5 cm³/mol. The van der Waals surface area contributed by atoms with Crippen LogP contribution < -0.4 is 0 Å². The summed E-state index contributed by atoms with van der Waals surface area (Å²) in [5.41, 5.74) is 0. The Balaban J connectivity index is 2.17. The molecule has 1 spiro atoms. The molecule has 2 atom stereocenters. The van der Waals surface area contributed by atoms with Crippen LogP contribution in [0.3, 0.4) is 0 Å². The van der Waals surface area contributed by atoms with E-state index in [9.17, 15) is 0 Å². The van der Waals surface area contributed by atoms with Crippen molar-refractivity contribution in [3.05, 3.63) is 0 Å². The highest BCUT2D eigenvalue weighted by Crippen LogP contribution is 2.42. The third-order valence-corrected chi connectivity index (χ3v) is 4.97. The Labute approximate surface area is 95.6 Å². The van der Waals surface area contributed by atoms with Crippen LogP contribution >= 0.6 is 31.9 Å². The highest BCUT2D eigenvalue weighted by atomic mass is 79.9. The first kappa shape index (κ1) is 10.4. The van der Waals surface area contributed by atoms with Gasteiger partial charge in [0.15, 0.2) is 5.79 Å². The van der Waals surface area contributed by atoms with Crippen LogP contribution in [-0.4, -0.2) is 28.7 Å². The molecule has 0 amide bonds. The molecule has 2 fully saturated rings. The minimum absolute atomic E-state index is 0.328. The molecule has 1 saturated heterocycles. The zero-order valence-corrected chi connectivity index (χ0v) is 10.6. The molecule has 1 heterocycles. The molecule has 0 bridgehead atoms. The molecule has 1 aliphatic carbocycles. The van der Waals surface area contributed by atoms with Crippen LogP contribution in [0.5, 0.6) is 0 Å². The Hall–Kier alpha value is 0.880. The van der Waals surface area contributed by atoms with Gasteiger partial charge in [0, 0.05) is 0 Å². The van der Waals surface area contributed by atoms with Gasteiger partial charge in [0.1, 0.15) is 0 Å². The van der Waals surface area contributed by atoms with Crippen molar-refractivity contribution in [2.45, 2.75) is 41.1 Å². The van der Waals surface area contributed by atoms with Gasteiger partial charge in [-0.05, 0) is 12.8 Å². The minimum Gasteiger partial charge on any atom is -0.345 e. The second-order valence-corrected chi connectivity index (χ2v) is 5.85. The summed E-state index contributed by atoms with van der Waals surface area (Å²) in [7, 11) is 0. The van der Waals surface area contributed by atoms with Crippen molar-refractivity contribution in [3.63, 3.8) is 0 Å². The van der Waals surface area contributed by atoms with E-state index in [4.69, 9.17) is 9.47 Å². The summed E-state index contributed by atoms with van der Waals surface area (Å²) in [5, 5.41) is 0. The lowest BCUT2D eigenvalue weighted by molar-refractivity contribution is -0.152. The normalized spacial score (nSPS) is 39.2. The number of ether oxygens (including phenoxy) is 2. The molecule has 1 aliphatic heterocycles. The number of halogens is 2. The van der Waals surface area contributed by atoms with E-state index in [1.165, 1.54) is 12.8 Å². The van der Waals surface area contributed by atoms with Crippen molar-refractivity contribution >= 4 is 31.9 Å². The Morgan fingerprint density at radius 3 is 1.85 bits per heavy atom. The van der Waals surface area contributed by atoms with Gasteiger partial charge in [-0.2, -0.15) is 0 Å². The van der Waals surface area contributed by atoms with Crippen molar-refractivity contribution in [2.24, 2.45) is 0 Å². The summed E-state index contributed by atoms with van der Waals surface area (Å²) < 4.78 is 11.5. The summed E-state index contributed by atoms with van der Waals surface area (Å²) in [6.07, 6.45) is 4.79. The van der Waals surface area contributed by atoms with E-state index in [-0.39, 0.29) is 0 Å². The topological polar surface area (TPSA) is 18.5 Å². The maximum absolute atomic E-state index is 5.77. The highest BCUT2D eigenvalue weighted by Gasteiger charge is 2.49. The Morgan fingerprint density at radius 2 is 1.38 bits per heavy atom. The lowest BCUT2D eigenvalue weighted by Crippen LogP contribution is -2.47. The molecule has 76 valence electrons. The Morgan fingerprint density at radius 1 is 0.923 bits per heavy atom. The number of hydrogen-bond donors (Lipinski definition) is 0. The van der Waals surface area contributed by atoms with Gasteiger partial charge < -0.3 is 9.47 Å². The minimum atomic E-state index is -0.392. The van der Waals surface area contributed by atoms with E-state index < -0.39 is 5.79 Å². The Bertz CT molecular complexity index is 166. The molecule has 4 heteroatoms. The largest absolute Gasteiger partial charge is 0.345 e. The summed E-state index contributed by atoms with van der Waals surface area (Å²) in [4.78, 5) is 0.656. The SMILES string of the molecule is BrC1CCCCC(Br)C12OCCO2. The number of hydrogen-bond acceptors (Lipinski definition) is 2. The van der Waals surface area contributed by atoms with Crippen LogP contribution in [0, 0.1) is 0 Å². The summed E-state index contributed by atoms with van der Waals surface area (Å²) in [6, 6.07) is 0. The number of rotatable bonds is 0. The van der Waals surface area contributed by atoms with E-state index in [0.717, 1.165) is 26.1 Å². The van der Waals surface area contributed by atoms with Crippen LogP contribution in [0.4, 0.5) is 0 Å². The average Bonchev–Trinajstić information content (AvgIpc) is 2.56. The van der Waals surface area contributed by atoms with Gasteiger partial charge in [-0.15, -0.1) is 0 Å². The van der Waals surface area contributed by atoms with Gasteiger partial charge in [-0.3, -0.25) is 0 Å². The van der Waals surface area contributed by atoms with Crippen LogP contribution in [0.15, 0.2) is 0 Å². The van der Waals surface area contributed by atoms with Crippen molar-refractivity contribution in [1.29, 1.82) is 0 Å². The van der Waals surface area contributed by atoms with Crippen LogP contribution in [0.2, 0.25) is 0 Å². The summed E-state index contributed by atoms with van der Waals surface area (Å²) >= 11 is 7.37. The molecular formula is C9H14Br2O2. The molecular weight excluding hydrogens is 300 g/mol. The fourth-order valence-corrected chi connectivity index (χ4v) is 4.22. The van der Waals surface area contributed by atoms with E-state index in [2.05, 4.69) is 31.9 Å². The molecule has 13 heavy (non-hydrogen) atoms. The Kier molecular flexibility index (Phi) is 3.34. The van der Waals surface area contributed by atoms with Crippen molar-refractivity contribution in [2.75, 3.05) is 13.2 Å². The van der Waals surface area contributed by atoms with Gasteiger partial charge in [0.05, 0.1) is 22.9 Å². The fraction of sp³-hybridized carbons (Fsp3) is 1.00. The third-order valence-electron chi connectivity index (χ3n) is 2.78. The van der Waals surface area contributed by atoms with Crippen LogP contribution in [0.1, 0.15) is 25.7 Å². The first-order chi connectivity index (χ1) is 6.26. The fourth-order valence-electron chi connectivity index (χ4n) is 2.05. The second kappa shape index (κ2) is 4.17. The summed E-state index contributed by atoms with van der Waals surface area (Å²) in [5.74, 6) is -0.392. The first-order valence-corrected chi connectivity index (χ1v) is 6.65. The van der Waals surface area contributed by atoms with Crippen LogP contribution in [0.25, 0.3) is 0 Å². The van der Waals surface area contributed by atoms with Gasteiger partial charge >= 0.3 is 0 Å². The molecule has 0 radical (unpaired) electrons. The van der Waals surface area contributed by atoms with Crippen molar-refractivity contribution in [3.8, 4) is 0 Å². The molecule has 2 unspecified atom stereocenters. The smallest absolute Gasteiger partial charge is 0.193 e. The van der Waals surface area contributed by atoms with Gasteiger partial charge in [0.25, 0.3) is 0 Å². The summed E-state index contributed by atoms with van der Waals surface area (Å²) in [6.45, 7) is 1.45. The monoisotopic (exact) mass is 312 g/mol. The molecule has 2 rings (SSSR count). The predicted octanol–water partition coefficient (Wildman–Crippen LogP) is 2.83. The molecule has 1 saturated carbocycles. The van der Waals surface area contributed by atoms with E-state index >= 15 is 0 Å². The zero-order chi connectivity index (χ0) is 9.31. The van der Waals surface area contributed by atoms with Crippen molar-refractivity contribution in [1.82, 2.24) is 0 Å². The van der Waals surface area contributed by atoms with Gasteiger partial charge in [0.2, 0.25) is 0 Å². The molecule has 0 aromatic heterocycles. The average molecular weight is 314 g/mol. The quantitative estimate of drug-likeness (QED) is 0.640. The van der Waals surface area contributed by atoms with E-state index in [0.29, 0.717) is 9.65 Å². The standard InChI is InChI=1S/C9H14Br2O2/c10-7-3-1-2-4-8(11)9(7)12-5-6-13-9/h7-8H,1-6H2. The maximum atomic E-state index is 5.77. The molecule has 2 nitrogen and oxygen atoms in total. The van der Waals surface area contributed by atoms with Gasteiger partial charge in [-0.1, -0.05) is 44.7 Å². The van der Waals surface area contributed by atoms with Crippen LogP contribution in [-0.2, 0) is 9.47 Å². The maximum Gasteiger partial charge on any atom is 0.193 e.